The number of aromatic amines is 1. The summed E-state index contributed by atoms with van der Waals surface area (Å²) >= 11 is 19.4. The number of aromatic nitrogens is 7. The van der Waals surface area contributed by atoms with E-state index in [1.807, 2.05) is 0 Å². The lowest BCUT2D eigenvalue weighted by Crippen LogP contribution is -2.17. The Hall–Kier alpha value is -5.33. The number of hydrogen-bond donors (Lipinski definition) is 3. The Bertz CT molecular complexity index is 2270. The molecule has 0 spiro atoms. The Morgan fingerprint density at radius 3 is 1.71 bits per heavy atom. The highest BCUT2D eigenvalue weighted by atomic mass is 36.0. The molecule has 0 saturated carbocycles. The Balaban J connectivity index is 0.000000389. The van der Waals surface area contributed by atoms with Crippen LogP contribution >= 0.6 is 50.5 Å². The SMILES string of the molecule is CCOC(=O)C#CC(F)(F)F.FC(F)(F)c1cc(Cl)nc(-c2ccccn2)n1.N=C(N)c1ccccn1.O=P(Cl)(Cl)Cl.O=c1cc(C(F)(F)F)nc(-c2ccccn2)[nH]1. The predicted molar refractivity (Wildman–Crippen MR) is 199 cm³/mol. The predicted octanol–water partition coefficient (Wildman–Crippen LogP) is 9.35. The summed E-state index contributed by atoms with van der Waals surface area (Å²) in [5, 5.41) is 3.46. The third-order valence-electron chi connectivity index (χ3n) is 5.34. The van der Waals surface area contributed by atoms with Crippen molar-refractivity contribution in [3.05, 3.63) is 118 Å². The first-order valence-corrected chi connectivity index (χ1v) is 19.8. The van der Waals surface area contributed by atoms with Gasteiger partial charge < -0.3 is 15.5 Å². The van der Waals surface area contributed by atoms with Crippen molar-refractivity contribution >= 4 is 62.3 Å². The topological polar surface area (TPSA) is 203 Å². The first-order chi connectivity index (χ1) is 27.2. The summed E-state index contributed by atoms with van der Waals surface area (Å²) < 4.78 is 122. The van der Waals surface area contributed by atoms with Gasteiger partial charge in [0, 0.05) is 42.6 Å². The highest BCUT2D eigenvalue weighted by Crippen LogP contribution is 2.61. The summed E-state index contributed by atoms with van der Waals surface area (Å²) in [6.07, 6.45) is -9.40. The van der Waals surface area contributed by atoms with Gasteiger partial charge in [0.15, 0.2) is 17.3 Å². The van der Waals surface area contributed by atoms with Gasteiger partial charge in [0.2, 0.25) is 0 Å². The number of carbonyl (C=O) groups excluding carboxylic acids is 1. The molecule has 0 saturated heterocycles. The molecular formula is C32H23Cl4F9N9O4P. The molecule has 5 aromatic heterocycles. The van der Waals surface area contributed by atoms with E-state index in [0.717, 1.165) is 5.92 Å². The van der Waals surface area contributed by atoms with Crippen LogP contribution in [0.3, 0.4) is 0 Å². The standard InChI is InChI=1S/C10H5ClF3N3.C10H6F3N3O.C6H5F3O2.C6H7N3.Cl3OP/c11-8-5-7(10(12,13)14)16-9(17-8)6-3-1-2-4-15-6;11-10(12,13)7-5-8(17)16-9(15-7)6-3-1-2-4-14-6;1-2-11-5(10)3-4-6(7,8)9;7-6(8)5-3-1-2-4-9-5;1-5(2,3)4/h1-5H;1-5H,(H,15,16,17);2H2,1H3;1-4H,(H3,7,8);. The van der Waals surface area contributed by atoms with Crippen molar-refractivity contribution in [2.24, 2.45) is 5.73 Å². The van der Waals surface area contributed by atoms with Gasteiger partial charge in [0.25, 0.3) is 5.56 Å². The fraction of sp³-hybridized carbons (Fsp3) is 0.156. The van der Waals surface area contributed by atoms with Crippen LogP contribution < -0.4 is 11.3 Å². The van der Waals surface area contributed by atoms with Crippen molar-refractivity contribution in [3.8, 4) is 34.9 Å². The summed E-state index contributed by atoms with van der Waals surface area (Å²) in [6.45, 7) is 1.50. The normalized spacial score (nSPS) is 10.8. The van der Waals surface area contributed by atoms with E-state index in [-0.39, 0.29) is 40.6 Å². The fourth-order valence-electron chi connectivity index (χ4n) is 3.21. The zero-order chi connectivity index (χ0) is 45.0. The molecule has 0 amide bonds. The van der Waals surface area contributed by atoms with Crippen LogP contribution in [0.25, 0.3) is 23.0 Å². The van der Waals surface area contributed by atoms with Gasteiger partial charge in [0.05, 0.1) is 6.61 Å². The highest BCUT2D eigenvalue weighted by Gasteiger charge is 2.34. The van der Waals surface area contributed by atoms with Gasteiger partial charge in [0.1, 0.15) is 33.8 Å². The Kier molecular flexibility index (Phi) is 21.0. The molecule has 5 aromatic rings. The van der Waals surface area contributed by atoms with E-state index in [1.165, 1.54) is 37.4 Å². The quantitative estimate of drug-likeness (QED) is 0.0226. The molecule has 5 rings (SSSR count). The van der Waals surface area contributed by atoms with Crippen LogP contribution in [0.2, 0.25) is 5.15 Å². The average molecular weight is 941 g/mol. The van der Waals surface area contributed by atoms with Crippen molar-refractivity contribution in [1.29, 1.82) is 5.41 Å². The number of ether oxygens (including phenoxy) is 1. The molecule has 13 nitrogen and oxygen atoms in total. The van der Waals surface area contributed by atoms with Crippen LogP contribution in [-0.2, 0) is 26.4 Å². The smallest absolute Gasteiger partial charge is 0.456 e. The van der Waals surface area contributed by atoms with Gasteiger partial charge in [-0.05, 0) is 77.0 Å². The van der Waals surface area contributed by atoms with Crippen LogP contribution in [0.1, 0.15) is 24.0 Å². The van der Waals surface area contributed by atoms with Crippen LogP contribution in [0.5, 0.6) is 0 Å². The number of hydrogen-bond acceptors (Lipinski definition) is 11. The lowest BCUT2D eigenvalue weighted by atomic mass is 10.3. The molecule has 0 atom stereocenters. The van der Waals surface area contributed by atoms with Crippen molar-refractivity contribution in [3.63, 3.8) is 0 Å². The number of nitrogen functional groups attached to an aromatic ring is 1. The second-order valence-electron chi connectivity index (χ2n) is 9.80. The number of halogens is 13. The number of rotatable bonds is 4. The molecule has 0 unspecified atom stereocenters. The summed E-state index contributed by atoms with van der Waals surface area (Å²) in [7, 11) is 0. The fourth-order valence-corrected chi connectivity index (χ4v) is 3.39. The van der Waals surface area contributed by atoms with Crippen molar-refractivity contribution in [1.82, 2.24) is 34.9 Å². The lowest BCUT2D eigenvalue weighted by molar-refractivity contribution is -0.142. The van der Waals surface area contributed by atoms with E-state index in [9.17, 15) is 53.7 Å². The number of esters is 1. The second kappa shape index (κ2) is 23.9. The number of nitrogens with two attached hydrogens (primary N) is 1. The van der Waals surface area contributed by atoms with E-state index in [4.69, 9.17) is 22.7 Å². The van der Waals surface area contributed by atoms with Crippen LogP contribution in [0.4, 0.5) is 39.5 Å². The number of amidine groups is 1. The minimum atomic E-state index is -4.65. The van der Waals surface area contributed by atoms with E-state index in [1.54, 1.807) is 48.7 Å². The Labute approximate surface area is 345 Å². The van der Waals surface area contributed by atoms with Crippen molar-refractivity contribution in [2.75, 3.05) is 6.61 Å². The number of H-pyrrole nitrogens is 1. The first-order valence-electron chi connectivity index (χ1n) is 15.0. The monoisotopic (exact) mass is 939 g/mol. The summed E-state index contributed by atoms with van der Waals surface area (Å²) in [5.41, 5.74) is 2.89. The highest BCUT2D eigenvalue weighted by molar-refractivity contribution is 8.24. The van der Waals surface area contributed by atoms with Gasteiger partial charge in [-0.25, -0.2) is 19.7 Å². The number of pyridine rings is 3. The third-order valence-corrected chi connectivity index (χ3v) is 5.54. The lowest BCUT2D eigenvalue weighted by Gasteiger charge is -2.07. The molecule has 0 aliphatic carbocycles. The summed E-state index contributed by atoms with van der Waals surface area (Å²) in [5.74, 6) is 0.566. The van der Waals surface area contributed by atoms with E-state index >= 15 is 0 Å². The molecule has 316 valence electrons. The molecule has 0 fully saturated rings. The minimum absolute atomic E-state index is 0.00981. The number of nitrogens with zero attached hydrogens (tertiary/aromatic N) is 6. The van der Waals surface area contributed by atoms with Gasteiger partial charge in [-0.3, -0.25) is 29.7 Å². The molecule has 0 aliphatic heterocycles. The third kappa shape index (κ3) is 23.6. The number of nitrogens with one attached hydrogen (secondary N) is 2. The molecule has 0 bridgehead atoms. The van der Waals surface area contributed by atoms with Crippen LogP contribution in [0, 0.1) is 17.3 Å². The molecule has 4 N–H and O–H groups in total. The second-order valence-corrected chi connectivity index (χ2v) is 16.8. The maximum atomic E-state index is 12.5. The molecule has 0 aliphatic rings. The molecular weight excluding hydrogens is 918 g/mol. The van der Waals surface area contributed by atoms with Gasteiger partial charge in [-0.1, -0.05) is 29.8 Å². The summed E-state index contributed by atoms with van der Waals surface area (Å²) in [6, 6.07) is 15.8. The number of alkyl halides is 9. The molecule has 27 heteroatoms. The minimum Gasteiger partial charge on any atom is -0.456 e. The van der Waals surface area contributed by atoms with Gasteiger partial charge in [-0.2, -0.15) is 39.5 Å². The van der Waals surface area contributed by atoms with Gasteiger partial charge >= 0.3 is 29.7 Å². The molecule has 0 radical (unpaired) electrons. The number of carbonyl (C=O) groups is 1. The van der Waals surface area contributed by atoms with Crippen LogP contribution in [0.15, 0.2) is 90.1 Å². The Morgan fingerprint density at radius 2 is 1.31 bits per heavy atom. The zero-order valence-corrected chi connectivity index (χ0v) is 33.0. The maximum Gasteiger partial charge on any atom is 0.458 e. The zero-order valence-electron chi connectivity index (χ0n) is 29.0. The average Bonchev–Trinajstić information content (AvgIpc) is 3.14. The molecule has 0 aromatic carbocycles. The Morgan fingerprint density at radius 1 is 0.814 bits per heavy atom. The molecule has 5 heterocycles. The largest absolute Gasteiger partial charge is 0.458 e. The van der Waals surface area contributed by atoms with E-state index < -0.39 is 46.6 Å². The first kappa shape index (κ1) is 51.7. The molecule has 59 heavy (non-hydrogen) atoms. The maximum absolute atomic E-state index is 12.5. The van der Waals surface area contributed by atoms with Crippen molar-refractivity contribution in [2.45, 2.75) is 25.5 Å². The van der Waals surface area contributed by atoms with Crippen LogP contribution in [-0.4, -0.2) is 59.5 Å². The summed E-state index contributed by atoms with van der Waals surface area (Å²) in [4.78, 5) is 45.4. The van der Waals surface area contributed by atoms with Gasteiger partial charge in [-0.15, -0.1) is 0 Å². The van der Waals surface area contributed by atoms with Crippen molar-refractivity contribution < 1.29 is 53.6 Å². The van der Waals surface area contributed by atoms with E-state index in [0.29, 0.717) is 17.8 Å². The van der Waals surface area contributed by atoms with E-state index in [2.05, 4.69) is 73.3 Å².